The Morgan fingerprint density at radius 2 is 1.43 bits per heavy atom. The number of hydrogen-bond acceptors (Lipinski definition) is 6. The molecule has 2 aromatic rings. The van der Waals surface area contributed by atoms with Crippen LogP contribution in [-0.4, -0.2) is 48.6 Å². The van der Waals surface area contributed by atoms with Crippen molar-refractivity contribution >= 4 is 23.9 Å². The van der Waals surface area contributed by atoms with Crippen LogP contribution in [0.15, 0.2) is 60.7 Å². The van der Waals surface area contributed by atoms with E-state index in [1.165, 1.54) is 21.0 Å². The monoisotopic (exact) mass is 483 g/mol. The molecule has 0 aromatic heterocycles. The van der Waals surface area contributed by atoms with Crippen molar-refractivity contribution in [3.8, 4) is 0 Å². The van der Waals surface area contributed by atoms with Crippen LogP contribution in [0, 0.1) is 0 Å². The Labute approximate surface area is 205 Å². The highest BCUT2D eigenvalue weighted by atomic mass is 16.5. The summed E-state index contributed by atoms with van der Waals surface area (Å²) >= 11 is 0. The third kappa shape index (κ3) is 8.77. The molecule has 0 saturated heterocycles. The molecule has 0 aliphatic heterocycles. The van der Waals surface area contributed by atoms with E-state index in [0.29, 0.717) is 6.42 Å². The van der Waals surface area contributed by atoms with Crippen LogP contribution in [0.4, 0.5) is 4.79 Å². The Hall–Kier alpha value is -3.88. The zero-order chi connectivity index (χ0) is 25.8. The molecule has 0 bridgehead atoms. The smallest absolute Gasteiger partial charge is 0.408 e. The fraction of sp³-hybridized carbons (Fsp3) is 0.385. The van der Waals surface area contributed by atoms with Gasteiger partial charge in [0, 0.05) is 0 Å². The lowest BCUT2D eigenvalue weighted by atomic mass is 9.92. The van der Waals surface area contributed by atoms with Crippen LogP contribution in [-0.2, 0) is 36.9 Å². The zero-order valence-electron chi connectivity index (χ0n) is 20.5. The van der Waals surface area contributed by atoms with Crippen molar-refractivity contribution in [2.45, 2.75) is 57.8 Å². The maximum absolute atomic E-state index is 13.2. The minimum absolute atomic E-state index is 0.0489. The van der Waals surface area contributed by atoms with Gasteiger partial charge in [0.1, 0.15) is 24.2 Å². The summed E-state index contributed by atoms with van der Waals surface area (Å²) in [4.78, 5) is 49.8. The Morgan fingerprint density at radius 3 is 2.00 bits per heavy atom. The van der Waals surface area contributed by atoms with Gasteiger partial charge in [0.2, 0.25) is 11.8 Å². The molecule has 0 unspecified atom stereocenters. The van der Waals surface area contributed by atoms with Crippen molar-refractivity contribution in [3.63, 3.8) is 0 Å². The molecule has 0 radical (unpaired) electrons. The van der Waals surface area contributed by atoms with Gasteiger partial charge in [0.25, 0.3) is 0 Å². The lowest BCUT2D eigenvalue weighted by molar-refractivity contribution is -0.144. The number of alkyl carbamates (subject to hydrolysis) is 1. The summed E-state index contributed by atoms with van der Waals surface area (Å²) in [6.45, 7) is 4.60. The number of nitrogens with one attached hydrogen (secondary N) is 3. The first-order valence-corrected chi connectivity index (χ1v) is 11.4. The van der Waals surface area contributed by atoms with Crippen molar-refractivity contribution in [1.82, 2.24) is 16.0 Å². The summed E-state index contributed by atoms with van der Waals surface area (Å²) in [5.74, 6) is -1.72. The molecule has 2 rings (SSSR count). The van der Waals surface area contributed by atoms with Crippen LogP contribution in [0.5, 0.6) is 0 Å². The summed E-state index contributed by atoms with van der Waals surface area (Å²) in [5.41, 5.74) is 0.429. The van der Waals surface area contributed by atoms with E-state index in [1.54, 1.807) is 6.92 Å². The molecule has 0 fully saturated rings. The van der Waals surface area contributed by atoms with Gasteiger partial charge >= 0.3 is 12.1 Å². The molecule has 3 N–H and O–H groups in total. The number of hydrogen-bond donors (Lipinski definition) is 3. The van der Waals surface area contributed by atoms with E-state index in [0.717, 1.165) is 11.1 Å². The maximum atomic E-state index is 13.2. The third-order valence-electron chi connectivity index (χ3n) is 5.50. The topological polar surface area (TPSA) is 123 Å². The summed E-state index contributed by atoms with van der Waals surface area (Å²) in [7, 11) is 1.22. The molecule has 2 aromatic carbocycles. The second-order valence-corrected chi connectivity index (χ2v) is 8.45. The average molecular weight is 484 g/mol. The zero-order valence-corrected chi connectivity index (χ0v) is 20.5. The van der Waals surface area contributed by atoms with E-state index in [1.807, 2.05) is 60.7 Å². The first-order valence-electron chi connectivity index (χ1n) is 11.4. The Balaban J connectivity index is 2.07. The van der Waals surface area contributed by atoms with Crippen LogP contribution in [0.25, 0.3) is 0 Å². The number of amides is 3. The highest BCUT2D eigenvalue weighted by Crippen LogP contribution is 2.16. The standard InChI is InChI=1S/C26H33N3O6/c1-18(22(30)27-19(2)23(31)34-4)28-24(32)26(3,16-15-20-11-7-5-8-12-20)29-25(33)35-17-21-13-9-6-10-14-21/h5-14,18-19H,15-17H2,1-4H3,(H,27,30)(H,28,32)(H,29,33)/t18-,19-,26-/m1/s1. The van der Waals surface area contributed by atoms with Crippen molar-refractivity contribution in [3.05, 3.63) is 71.8 Å². The average Bonchev–Trinajstić information content (AvgIpc) is 2.86. The summed E-state index contributed by atoms with van der Waals surface area (Å²) in [6.07, 6.45) is 0.0100. The number of methoxy groups -OCH3 is 1. The van der Waals surface area contributed by atoms with E-state index < -0.39 is 41.5 Å². The van der Waals surface area contributed by atoms with Crippen LogP contribution in [0.2, 0.25) is 0 Å². The number of benzene rings is 2. The van der Waals surface area contributed by atoms with Gasteiger partial charge in [-0.25, -0.2) is 9.59 Å². The lowest BCUT2D eigenvalue weighted by Gasteiger charge is -2.30. The van der Waals surface area contributed by atoms with Gasteiger partial charge in [0.05, 0.1) is 7.11 Å². The van der Waals surface area contributed by atoms with Gasteiger partial charge in [-0.3, -0.25) is 9.59 Å². The van der Waals surface area contributed by atoms with Crippen LogP contribution in [0.3, 0.4) is 0 Å². The molecule has 188 valence electrons. The number of carbonyl (C=O) groups excluding carboxylic acids is 4. The van der Waals surface area contributed by atoms with Gasteiger partial charge in [-0.15, -0.1) is 0 Å². The van der Waals surface area contributed by atoms with Crippen LogP contribution < -0.4 is 16.0 Å². The second kappa shape index (κ2) is 13.1. The minimum atomic E-state index is -1.37. The van der Waals surface area contributed by atoms with Gasteiger partial charge in [-0.05, 0) is 44.7 Å². The summed E-state index contributed by atoms with van der Waals surface area (Å²) in [6, 6.07) is 16.9. The first-order chi connectivity index (χ1) is 16.6. The molecule has 0 aliphatic carbocycles. The SMILES string of the molecule is COC(=O)[C@@H](C)NC(=O)[C@@H](C)NC(=O)[C@@](C)(CCc1ccccc1)NC(=O)OCc1ccccc1. The molecular formula is C26H33N3O6. The summed E-state index contributed by atoms with van der Waals surface area (Å²) in [5, 5.41) is 7.78. The third-order valence-corrected chi connectivity index (χ3v) is 5.50. The van der Waals surface area contributed by atoms with Crippen LogP contribution >= 0.6 is 0 Å². The normalized spacial score (nSPS) is 13.9. The lowest BCUT2D eigenvalue weighted by Crippen LogP contribution is -2.60. The van der Waals surface area contributed by atoms with E-state index in [9.17, 15) is 19.2 Å². The molecular weight excluding hydrogens is 450 g/mol. The number of ether oxygens (including phenoxy) is 2. The predicted molar refractivity (Wildman–Crippen MR) is 130 cm³/mol. The molecule has 3 atom stereocenters. The quantitative estimate of drug-likeness (QED) is 0.422. The molecule has 3 amide bonds. The molecule has 9 nitrogen and oxygen atoms in total. The molecule has 35 heavy (non-hydrogen) atoms. The van der Waals surface area contributed by atoms with Crippen LogP contribution in [0.1, 0.15) is 38.3 Å². The summed E-state index contributed by atoms with van der Waals surface area (Å²) < 4.78 is 9.91. The van der Waals surface area contributed by atoms with Crippen molar-refractivity contribution in [2.24, 2.45) is 0 Å². The van der Waals surface area contributed by atoms with E-state index >= 15 is 0 Å². The maximum Gasteiger partial charge on any atom is 0.408 e. The fourth-order valence-electron chi connectivity index (χ4n) is 3.25. The van der Waals surface area contributed by atoms with Gasteiger partial charge in [0.15, 0.2) is 0 Å². The molecule has 0 saturated carbocycles. The van der Waals surface area contributed by atoms with E-state index in [4.69, 9.17) is 4.74 Å². The molecule has 0 heterocycles. The number of carbonyl (C=O) groups is 4. The molecule has 0 aliphatic rings. The fourth-order valence-corrected chi connectivity index (χ4v) is 3.25. The number of esters is 1. The van der Waals surface area contributed by atoms with Gasteiger partial charge in [-0.1, -0.05) is 60.7 Å². The Bertz CT molecular complexity index is 999. The predicted octanol–water partition coefficient (Wildman–Crippen LogP) is 2.49. The highest BCUT2D eigenvalue weighted by molar-refractivity contribution is 5.94. The number of aryl methyl sites for hydroxylation is 1. The largest absolute Gasteiger partial charge is 0.467 e. The van der Waals surface area contributed by atoms with E-state index in [-0.39, 0.29) is 13.0 Å². The molecule has 0 spiro atoms. The van der Waals surface area contributed by atoms with Gasteiger partial charge < -0.3 is 25.4 Å². The number of rotatable bonds is 11. The Kier molecular flexibility index (Phi) is 10.3. The Morgan fingerprint density at radius 1 is 0.857 bits per heavy atom. The van der Waals surface area contributed by atoms with Gasteiger partial charge in [-0.2, -0.15) is 0 Å². The minimum Gasteiger partial charge on any atom is -0.467 e. The second-order valence-electron chi connectivity index (χ2n) is 8.45. The molecule has 9 heteroatoms. The van der Waals surface area contributed by atoms with E-state index in [2.05, 4.69) is 20.7 Å². The van der Waals surface area contributed by atoms with Crippen molar-refractivity contribution in [1.29, 1.82) is 0 Å². The van der Waals surface area contributed by atoms with Crippen molar-refractivity contribution in [2.75, 3.05) is 7.11 Å². The van der Waals surface area contributed by atoms with Crippen molar-refractivity contribution < 1.29 is 28.7 Å². The highest BCUT2D eigenvalue weighted by Gasteiger charge is 2.37. The first kappa shape index (κ1) is 27.4.